The minimum Gasteiger partial charge on any atom is -0.293 e. The molecule has 1 spiro atoms. The van der Waals surface area contributed by atoms with Crippen molar-refractivity contribution >= 4 is 5.78 Å². The van der Waals surface area contributed by atoms with Crippen LogP contribution in [0.1, 0.15) is 61.0 Å². The van der Waals surface area contributed by atoms with Crippen LogP contribution < -0.4 is 0 Å². The van der Waals surface area contributed by atoms with Gasteiger partial charge in [0.25, 0.3) is 0 Å². The Labute approximate surface area is 256 Å². The van der Waals surface area contributed by atoms with Crippen LogP contribution in [0.2, 0.25) is 0 Å². The van der Waals surface area contributed by atoms with Crippen molar-refractivity contribution in [1.29, 1.82) is 0 Å². The third-order valence-electron chi connectivity index (χ3n) is 9.91. The first-order valence-electron chi connectivity index (χ1n) is 15.6. The van der Waals surface area contributed by atoms with Crippen LogP contribution in [0.5, 0.6) is 0 Å². The highest BCUT2D eigenvalue weighted by molar-refractivity contribution is 5.98. The molecule has 0 atom stereocenters. The molecular weight excluding hydrogens is 524 g/mol. The first-order valence-corrected chi connectivity index (χ1v) is 15.6. The highest BCUT2D eigenvalue weighted by atomic mass is 16.1. The average Bonchev–Trinajstić information content (AvgIpc) is 3.44. The maximum atomic E-state index is 13.9. The maximum absolute atomic E-state index is 13.9. The molecule has 3 heteroatoms. The summed E-state index contributed by atoms with van der Waals surface area (Å²) in [5.74, 6) is 0.261. The van der Waals surface area contributed by atoms with Crippen LogP contribution in [0.15, 0.2) is 144 Å². The lowest BCUT2D eigenvalue weighted by atomic mass is 9.75. The third kappa shape index (κ3) is 5.33. The second kappa shape index (κ2) is 11.6. The number of carbonyl (C=O) groups is 1. The van der Waals surface area contributed by atoms with Crippen molar-refractivity contribution in [3.05, 3.63) is 166 Å². The van der Waals surface area contributed by atoms with Crippen LogP contribution in [0.4, 0.5) is 0 Å². The van der Waals surface area contributed by atoms with Crippen LogP contribution in [0.3, 0.4) is 0 Å². The topological polar surface area (TPSA) is 23.6 Å². The summed E-state index contributed by atoms with van der Waals surface area (Å²) in [6.07, 6.45) is 2.06. The van der Waals surface area contributed by atoms with Crippen LogP contribution >= 0.6 is 0 Å². The van der Waals surface area contributed by atoms with E-state index in [1.54, 1.807) is 0 Å². The van der Waals surface area contributed by atoms with E-state index in [1.807, 2.05) is 0 Å². The Bertz CT molecular complexity index is 1570. The number of likely N-dealkylation sites (tertiary alicyclic amines) is 1. The number of benzene rings is 4. The fourth-order valence-electron chi connectivity index (χ4n) is 7.89. The fraction of sp³-hybridized carbons (Fsp3) is 0.275. The molecule has 0 radical (unpaired) electrons. The summed E-state index contributed by atoms with van der Waals surface area (Å²) >= 11 is 0. The summed E-state index contributed by atoms with van der Waals surface area (Å²) in [6.45, 7) is 7.71. The fourth-order valence-corrected chi connectivity index (χ4v) is 7.89. The van der Waals surface area contributed by atoms with Crippen LogP contribution in [0, 0.1) is 5.41 Å². The zero-order valence-electron chi connectivity index (χ0n) is 25.2. The summed E-state index contributed by atoms with van der Waals surface area (Å²) in [4.78, 5) is 19.0. The smallest absolute Gasteiger partial charge is 0.172 e. The Morgan fingerprint density at radius 2 is 0.930 bits per heavy atom. The second-order valence-electron chi connectivity index (χ2n) is 12.9. The first kappa shape index (κ1) is 27.8. The van der Waals surface area contributed by atoms with Gasteiger partial charge in [-0.2, -0.15) is 0 Å². The van der Waals surface area contributed by atoms with Gasteiger partial charge < -0.3 is 0 Å². The van der Waals surface area contributed by atoms with Crippen molar-refractivity contribution in [2.24, 2.45) is 5.41 Å². The highest BCUT2D eigenvalue weighted by Gasteiger charge is 2.51. The molecule has 3 nitrogen and oxygen atoms in total. The zero-order valence-corrected chi connectivity index (χ0v) is 25.2. The van der Waals surface area contributed by atoms with Crippen molar-refractivity contribution in [1.82, 2.24) is 9.80 Å². The van der Waals surface area contributed by atoms with Gasteiger partial charge in [-0.05, 0) is 65.7 Å². The van der Waals surface area contributed by atoms with Gasteiger partial charge >= 0.3 is 0 Å². The van der Waals surface area contributed by atoms with Gasteiger partial charge in [0, 0.05) is 25.0 Å². The largest absolute Gasteiger partial charge is 0.293 e. The van der Waals surface area contributed by atoms with Gasteiger partial charge in [0.05, 0.1) is 18.6 Å². The van der Waals surface area contributed by atoms with Crippen molar-refractivity contribution in [2.75, 3.05) is 26.2 Å². The molecule has 1 aliphatic carbocycles. The highest BCUT2D eigenvalue weighted by Crippen LogP contribution is 2.55. The van der Waals surface area contributed by atoms with E-state index in [0.717, 1.165) is 38.0 Å². The Hall–Kier alpha value is -4.05. The van der Waals surface area contributed by atoms with Gasteiger partial charge in [-0.25, -0.2) is 0 Å². The van der Waals surface area contributed by atoms with Crippen molar-refractivity contribution in [3.63, 3.8) is 0 Å². The average molecular weight is 565 g/mol. The molecule has 0 aromatic heterocycles. The van der Waals surface area contributed by atoms with Crippen LogP contribution in [0.25, 0.3) is 0 Å². The Morgan fingerprint density at radius 3 is 1.37 bits per heavy atom. The number of hydrogen-bond donors (Lipinski definition) is 0. The summed E-state index contributed by atoms with van der Waals surface area (Å²) in [7, 11) is 0. The lowest BCUT2D eigenvalue weighted by Gasteiger charge is -2.52. The summed E-state index contributed by atoms with van der Waals surface area (Å²) in [5.41, 5.74) is 10.5. The number of ketones is 1. The van der Waals surface area contributed by atoms with E-state index in [9.17, 15) is 4.79 Å². The molecular formula is C40H40N2O. The normalized spacial score (nSPS) is 22.5. The number of carbonyl (C=O) groups excluding carboxylic acids is 1. The van der Waals surface area contributed by atoms with E-state index in [2.05, 4.69) is 145 Å². The molecule has 43 heavy (non-hydrogen) atoms. The minimum atomic E-state index is 0.0308. The number of Topliss-reactive ketones (excluding diaryl/α,β-unsaturated/α-hetero) is 1. The van der Waals surface area contributed by atoms with E-state index in [1.165, 1.54) is 39.0 Å². The molecule has 2 fully saturated rings. The van der Waals surface area contributed by atoms with E-state index in [-0.39, 0.29) is 23.3 Å². The molecule has 4 aromatic carbocycles. The van der Waals surface area contributed by atoms with Crippen LogP contribution in [-0.2, 0) is 4.79 Å². The van der Waals surface area contributed by atoms with Gasteiger partial charge in [0.15, 0.2) is 5.78 Å². The Kier molecular flexibility index (Phi) is 7.46. The zero-order chi connectivity index (χ0) is 29.4. The number of hydrogen-bond acceptors (Lipinski definition) is 3. The van der Waals surface area contributed by atoms with Gasteiger partial charge in [0.2, 0.25) is 0 Å². The quantitative estimate of drug-likeness (QED) is 0.236. The van der Waals surface area contributed by atoms with Crippen LogP contribution in [-0.4, -0.2) is 41.8 Å². The molecule has 0 amide bonds. The molecule has 2 aliphatic heterocycles. The van der Waals surface area contributed by atoms with Gasteiger partial charge in [-0.15, -0.1) is 0 Å². The molecule has 1 saturated heterocycles. The van der Waals surface area contributed by atoms with E-state index < -0.39 is 0 Å². The van der Waals surface area contributed by atoms with Crippen molar-refractivity contribution in [2.45, 2.75) is 38.8 Å². The number of allylic oxidation sites excluding steroid dienone is 2. The van der Waals surface area contributed by atoms with Crippen molar-refractivity contribution in [3.8, 4) is 0 Å². The van der Waals surface area contributed by atoms with Crippen molar-refractivity contribution < 1.29 is 4.79 Å². The molecule has 1 saturated carbocycles. The first-order chi connectivity index (χ1) is 21.0. The standard InChI is InChI=1S/C40H40N2O/c1-29-25-41(38(31-15-7-3-8-16-31)32-17-9-4-10-18-32)26-37(43)30(2)36-24-40(23-35(29)36)27-42(28-40)39(33-19-11-5-12-20-33)34-21-13-6-14-22-34/h3-22,38-39H,23-28H2,1-2H3/b35-29-,36-30-. The SMILES string of the molecule is C/C1=C2\CC3(C\C2=C(/C)C(=O)CN(C(c2ccccc2)c2ccccc2)C1)CN(C(c1ccccc1)c1ccccc1)C3. The molecule has 7 rings (SSSR count). The lowest BCUT2D eigenvalue weighted by Crippen LogP contribution is -2.56. The monoisotopic (exact) mass is 564 g/mol. The molecule has 4 aromatic rings. The van der Waals surface area contributed by atoms with E-state index in [4.69, 9.17) is 0 Å². The Morgan fingerprint density at radius 1 is 0.535 bits per heavy atom. The van der Waals surface area contributed by atoms with Gasteiger partial charge in [-0.3, -0.25) is 14.6 Å². The predicted octanol–water partition coefficient (Wildman–Crippen LogP) is 8.18. The third-order valence-corrected chi connectivity index (χ3v) is 9.91. The molecule has 0 unspecified atom stereocenters. The molecule has 3 aliphatic rings. The number of fused-ring (bicyclic) bond motifs is 1. The summed E-state index contributed by atoms with van der Waals surface area (Å²) in [5, 5.41) is 0. The number of rotatable bonds is 6. The van der Waals surface area contributed by atoms with Gasteiger partial charge in [-0.1, -0.05) is 127 Å². The Balaban J connectivity index is 1.19. The number of nitrogens with zero attached hydrogens (tertiary/aromatic N) is 2. The second-order valence-corrected chi connectivity index (χ2v) is 12.9. The molecule has 0 bridgehead atoms. The maximum Gasteiger partial charge on any atom is 0.172 e. The molecule has 216 valence electrons. The summed E-state index contributed by atoms with van der Waals surface area (Å²) < 4.78 is 0. The molecule has 0 N–H and O–H groups in total. The summed E-state index contributed by atoms with van der Waals surface area (Å²) in [6, 6.07) is 43.4. The lowest BCUT2D eigenvalue weighted by molar-refractivity contribution is -0.117. The molecule has 2 heterocycles. The minimum absolute atomic E-state index is 0.0308. The van der Waals surface area contributed by atoms with E-state index in [0.29, 0.717) is 6.54 Å². The van der Waals surface area contributed by atoms with E-state index >= 15 is 0 Å². The predicted molar refractivity (Wildman–Crippen MR) is 175 cm³/mol. The van der Waals surface area contributed by atoms with Gasteiger partial charge in [0.1, 0.15) is 0 Å².